The highest BCUT2D eigenvalue weighted by molar-refractivity contribution is 5.98. The molecule has 1 aromatic heterocycles. The maximum Gasteiger partial charge on any atom is 0.251 e. The Kier molecular flexibility index (Phi) is 3.51. The van der Waals surface area contributed by atoms with E-state index in [1.165, 1.54) is 12.8 Å². The second-order valence-corrected chi connectivity index (χ2v) is 5.12. The van der Waals surface area contributed by atoms with Crippen molar-refractivity contribution in [1.82, 2.24) is 15.6 Å². The van der Waals surface area contributed by atoms with Gasteiger partial charge in [-0.3, -0.25) is 4.79 Å². The van der Waals surface area contributed by atoms with Gasteiger partial charge in [0.25, 0.3) is 5.91 Å². The third-order valence-corrected chi connectivity index (χ3v) is 3.46. The van der Waals surface area contributed by atoms with Gasteiger partial charge in [-0.25, -0.2) is 0 Å². The molecule has 1 aromatic carbocycles. The van der Waals surface area contributed by atoms with Crippen LogP contribution in [-0.2, 0) is 0 Å². The topological polar surface area (TPSA) is 56.9 Å². The van der Waals surface area contributed by atoms with Gasteiger partial charge in [0.15, 0.2) is 0 Å². The molecule has 19 heavy (non-hydrogen) atoms. The molecule has 1 aliphatic rings. The molecule has 4 nitrogen and oxygen atoms in total. The van der Waals surface area contributed by atoms with Gasteiger partial charge in [-0.1, -0.05) is 0 Å². The van der Waals surface area contributed by atoms with Crippen LogP contribution < -0.4 is 10.6 Å². The van der Waals surface area contributed by atoms with E-state index in [4.69, 9.17) is 0 Å². The summed E-state index contributed by atoms with van der Waals surface area (Å²) < 4.78 is 0. The number of aromatic nitrogens is 1. The lowest BCUT2D eigenvalue weighted by Gasteiger charge is -2.06. The highest BCUT2D eigenvalue weighted by Crippen LogP contribution is 2.18. The standard InChI is InChI=1S/C15H19N3O/c19-15(18-8-1-7-16-13-3-4-13)12-2-5-14-11(10-12)6-9-17-14/h2,5-6,9-10,13,16-17H,1,3-4,7-8H2,(H,18,19). The van der Waals surface area contributed by atoms with Gasteiger partial charge in [0, 0.05) is 35.2 Å². The van der Waals surface area contributed by atoms with Crippen molar-refractivity contribution in [3.8, 4) is 0 Å². The smallest absolute Gasteiger partial charge is 0.251 e. The molecular formula is C15H19N3O. The fraction of sp³-hybridized carbons (Fsp3) is 0.400. The molecule has 1 saturated carbocycles. The fourth-order valence-electron chi connectivity index (χ4n) is 2.18. The molecule has 1 fully saturated rings. The highest BCUT2D eigenvalue weighted by Gasteiger charge is 2.19. The van der Waals surface area contributed by atoms with Crippen LogP contribution in [0.1, 0.15) is 29.6 Å². The monoisotopic (exact) mass is 257 g/mol. The molecule has 3 N–H and O–H groups in total. The van der Waals surface area contributed by atoms with Crippen molar-refractivity contribution in [3.05, 3.63) is 36.0 Å². The SMILES string of the molecule is O=C(NCCCNC1CC1)c1ccc2[nH]ccc2c1. The lowest BCUT2D eigenvalue weighted by molar-refractivity contribution is 0.0953. The third-order valence-electron chi connectivity index (χ3n) is 3.46. The first-order chi connectivity index (χ1) is 9.33. The lowest BCUT2D eigenvalue weighted by atomic mass is 10.1. The molecular weight excluding hydrogens is 238 g/mol. The van der Waals surface area contributed by atoms with Crippen LogP contribution in [0, 0.1) is 0 Å². The van der Waals surface area contributed by atoms with Crippen LogP contribution in [0.5, 0.6) is 0 Å². The van der Waals surface area contributed by atoms with Gasteiger partial charge in [0.2, 0.25) is 0 Å². The summed E-state index contributed by atoms with van der Waals surface area (Å²) in [7, 11) is 0. The van der Waals surface area contributed by atoms with Crippen LogP contribution in [0.2, 0.25) is 0 Å². The summed E-state index contributed by atoms with van der Waals surface area (Å²) in [5.41, 5.74) is 1.78. The van der Waals surface area contributed by atoms with E-state index in [2.05, 4.69) is 15.6 Å². The molecule has 100 valence electrons. The van der Waals surface area contributed by atoms with Gasteiger partial charge in [-0.2, -0.15) is 0 Å². The summed E-state index contributed by atoms with van der Waals surface area (Å²) >= 11 is 0. The number of hydrogen-bond acceptors (Lipinski definition) is 2. The van der Waals surface area contributed by atoms with Crippen molar-refractivity contribution < 1.29 is 4.79 Å². The Hall–Kier alpha value is -1.81. The molecule has 2 aromatic rings. The summed E-state index contributed by atoms with van der Waals surface area (Å²) in [6.45, 7) is 1.71. The molecule has 1 aliphatic carbocycles. The number of aromatic amines is 1. The molecule has 0 aliphatic heterocycles. The molecule has 0 spiro atoms. The van der Waals surface area contributed by atoms with Crippen LogP contribution in [0.3, 0.4) is 0 Å². The lowest BCUT2D eigenvalue weighted by Crippen LogP contribution is -2.27. The number of carbonyl (C=O) groups is 1. The summed E-state index contributed by atoms with van der Waals surface area (Å²) in [5, 5.41) is 7.47. The van der Waals surface area contributed by atoms with Crippen LogP contribution in [0.25, 0.3) is 10.9 Å². The van der Waals surface area contributed by atoms with Crippen molar-refractivity contribution in [1.29, 1.82) is 0 Å². The van der Waals surface area contributed by atoms with E-state index in [1.807, 2.05) is 30.5 Å². The Morgan fingerprint density at radius 2 is 2.16 bits per heavy atom. The van der Waals surface area contributed by atoms with Gasteiger partial charge >= 0.3 is 0 Å². The van der Waals surface area contributed by atoms with Gasteiger partial charge in [0.1, 0.15) is 0 Å². The predicted molar refractivity (Wildman–Crippen MR) is 76.3 cm³/mol. The van der Waals surface area contributed by atoms with Crippen LogP contribution in [0.4, 0.5) is 0 Å². The number of carbonyl (C=O) groups excluding carboxylic acids is 1. The maximum absolute atomic E-state index is 12.0. The molecule has 0 bridgehead atoms. The molecule has 1 heterocycles. The van der Waals surface area contributed by atoms with E-state index in [-0.39, 0.29) is 5.91 Å². The zero-order chi connectivity index (χ0) is 13.1. The predicted octanol–water partition coefficient (Wildman–Crippen LogP) is 2.04. The van der Waals surface area contributed by atoms with Crippen LogP contribution >= 0.6 is 0 Å². The minimum Gasteiger partial charge on any atom is -0.361 e. The largest absolute Gasteiger partial charge is 0.361 e. The van der Waals surface area contributed by atoms with Gasteiger partial charge < -0.3 is 15.6 Å². The summed E-state index contributed by atoms with van der Waals surface area (Å²) in [6.07, 6.45) is 5.48. The van der Waals surface area contributed by atoms with Gasteiger partial charge in [-0.05, 0) is 50.1 Å². The Morgan fingerprint density at radius 3 is 3.00 bits per heavy atom. The fourth-order valence-corrected chi connectivity index (χ4v) is 2.18. The zero-order valence-electron chi connectivity index (χ0n) is 10.9. The number of nitrogens with one attached hydrogen (secondary N) is 3. The van der Waals surface area contributed by atoms with Crippen molar-refractivity contribution in [2.45, 2.75) is 25.3 Å². The average molecular weight is 257 g/mol. The minimum atomic E-state index is 0.00882. The quantitative estimate of drug-likeness (QED) is 0.694. The number of hydrogen-bond donors (Lipinski definition) is 3. The van der Waals surface area contributed by atoms with Crippen molar-refractivity contribution in [3.63, 3.8) is 0 Å². The van der Waals surface area contributed by atoms with E-state index >= 15 is 0 Å². The first-order valence-corrected chi connectivity index (χ1v) is 6.92. The van der Waals surface area contributed by atoms with Gasteiger partial charge in [-0.15, -0.1) is 0 Å². The summed E-state index contributed by atoms with van der Waals surface area (Å²) in [4.78, 5) is 15.1. The molecule has 0 radical (unpaired) electrons. The van der Waals surface area contributed by atoms with E-state index in [1.54, 1.807) is 0 Å². The van der Waals surface area contributed by atoms with E-state index in [0.29, 0.717) is 0 Å². The minimum absolute atomic E-state index is 0.00882. The molecule has 1 amide bonds. The number of H-pyrrole nitrogens is 1. The van der Waals surface area contributed by atoms with Crippen molar-refractivity contribution >= 4 is 16.8 Å². The summed E-state index contributed by atoms with van der Waals surface area (Å²) in [5.74, 6) is 0.00882. The first-order valence-electron chi connectivity index (χ1n) is 6.92. The van der Waals surface area contributed by atoms with Crippen molar-refractivity contribution in [2.75, 3.05) is 13.1 Å². The van der Waals surface area contributed by atoms with Gasteiger partial charge in [0.05, 0.1) is 0 Å². The molecule has 0 atom stereocenters. The highest BCUT2D eigenvalue weighted by atomic mass is 16.1. The molecule has 4 heteroatoms. The molecule has 0 unspecified atom stereocenters. The van der Waals surface area contributed by atoms with Crippen molar-refractivity contribution in [2.24, 2.45) is 0 Å². The normalized spacial score (nSPS) is 14.7. The second-order valence-electron chi connectivity index (χ2n) is 5.12. The summed E-state index contributed by atoms with van der Waals surface area (Å²) in [6, 6.07) is 8.44. The Bertz CT molecular complexity index is 572. The third kappa shape index (κ3) is 3.15. The second kappa shape index (κ2) is 5.45. The Morgan fingerprint density at radius 1 is 1.26 bits per heavy atom. The molecule has 0 saturated heterocycles. The van der Waals surface area contributed by atoms with E-state index < -0.39 is 0 Å². The van der Waals surface area contributed by atoms with E-state index in [9.17, 15) is 4.79 Å². The van der Waals surface area contributed by atoms with Crippen LogP contribution in [0.15, 0.2) is 30.5 Å². The zero-order valence-corrected chi connectivity index (χ0v) is 10.9. The maximum atomic E-state index is 12.0. The number of rotatable bonds is 6. The Labute approximate surface area is 112 Å². The Balaban J connectivity index is 1.48. The molecule has 3 rings (SSSR count). The first kappa shape index (κ1) is 12.2. The number of amides is 1. The van der Waals surface area contributed by atoms with E-state index in [0.717, 1.165) is 42.0 Å². The number of benzene rings is 1. The average Bonchev–Trinajstić information content (AvgIpc) is 3.13. The number of fused-ring (bicyclic) bond motifs is 1. The van der Waals surface area contributed by atoms with Crippen LogP contribution in [-0.4, -0.2) is 30.0 Å².